The Balaban J connectivity index is 2.41. The molecule has 0 aromatic carbocycles. The summed E-state index contributed by atoms with van der Waals surface area (Å²) >= 11 is 0. The SMILES string of the molecule is CCON(C=O)c1cc(N2CCCC2)nc(=N)n1O. The van der Waals surface area contributed by atoms with Crippen LogP contribution in [0.3, 0.4) is 0 Å². The first kappa shape index (κ1) is 13.3. The average molecular weight is 267 g/mol. The van der Waals surface area contributed by atoms with Gasteiger partial charge in [-0.25, -0.2) is 0 Å². The van der Waals surface area contributed by atoms with E-state index in [0.29, 0.717) is 17.0 Å². The van der Waals surface area contributed by atoms with Crippen molar-refractivity contribution in [1.82, 2.24) is 9.71 Å². The molecule has 1 aliphatic rings. The lowest BCUT2D eigenvalue weighted by atomic mass is 10.4. The van der Waals surface area contributed by atoms with E-state index >= 15 is 0 Å². The summed E-state index contributed by atoms with van der Waals surface area (Å²) in [6, 6.07) is 1.54. The summed E-state index contributed by atoms with van der Waals surface area (Å²) in [5.41, 5.74) is -0.342. The molecule has 0 atom stereocenters. The fourth-order valence-corrected chi connectivity index (χ4v) is 2.03. The molecule has 1 aromatic rings. The van der Waals surface area contributed by atoms with Gasteiger partial charge in [0.25, 0.3) is 5.62 Å². The number of hydrogen-bond acceptors (Lipinski definition) is 6. The topological polar surface area (TPSA) is 94.7 Å². The van der Waals surface area contributed by atoms with Gasteiger partial charge in [-0.05, 0) is 19.8 Å². The van der Waals surface area contributed by atoms with E-state index < -0.39 is 0 Å². The van der Waals surface area contributed by atoms with Gasteiger partial charge >= 0.3 is 0 Å². The Morgan fingerprint density at radius 1 is 1.58 bits per heavy atom. The number of amides is 1. The van der Waals surface area contributed by atoms with Crippen LogP contribution in [-0.2, 0) is 9.63 Å². The molecule has 1 amide bonds. The summed E-state index contributed by atoms with van der Waals surface area (Å²) in [7, 11) is 0. The van der Waals surface area contributed by atoms with Gasteiger partial charge in [-0.3, -0.25) is 15.0 Å². The molecule has 0 saturated carbocycles. The van der Waals surface area contributed by atoms with Gasteiger partial charge in [-0.1, -0.05) is 0 Å². The molecule has 104 valence electrons. The number of rotatable bonds is 5. The Hall–Kier alpha value is -2.09. The van der Waals surface area contributed by atoms with Crippen LogP contribution < -0.4 is 15.6 Å². The lowest BCUT2D eigenvalue weighted by molar-refractivity contribution is -0.114. The number of aromatic nitrogens is 2. The molecule has 19 heavy (non-hydrogen) atoms. The Bertz CT molecular complexity index is 510. The number of nitrogens with one attached hydrogen (secondary N) is 1. The van der Waals surface area contributed by atoms with Gasteiger partial charge in [0.05, 0.1) is 6.61 Å². The first-order valence-corrected chi connectivity index (χ1v) is 6.17. The van der Waals surface area contributed by atoms with Crippen molar-refractivity contribution >= 4 is 18.0 Å². The predicted octanol–water partition coefficient (Wildman–Crippen LogP) is 0.114. The van der Waals surface area contributed by atoms with Gasteiger partial charge in [-0.2, -0.15) is 10.0 Å². The molecule has 0 aliphatic carbocycles. The van der Waals surface area contributed by atoms with Gasteiger partial charge in [0.1, 0.15) is 5.82 Å². The van der Waals surface area contributed by atoms with Crippen molar-refractivity contribution in [1.29, 1.82) is 5.41 Å². The molecule has 1 saturated heterocycles. The third-order valence-corrected chi connectivity index (χ3v) is 2.92. The maximum Gasteiger partial charge on any atom is 0.259 e. The van der Waals surface area contributed by atoms with Crippen molar-refractivity contribution < 1.29 is 14.8 Å². The second-order valence-corrected chi connectivity index (χ2v) is 4.15. The number of hydroxylamine groups is 1. The second-order valence-electron chi connectivity index (χ2n) is 4.15. The van der Waals surface area contributed by atoms with E-state index in [0.717, 1.165) is 31.0 Å². The highest BCUT2D eigenvalue weighted by Crippen LogP contribution is 2.20. The van der Waals surface area contributed by atoms with E-state index in [-0.39, 0.29) is 18.0 Å². The summed E-state index contributed by atoms with van der Waals surface area (Å²) in [6.45, 7) is 3.71. The van der Waals surface area contributed by atoms with Gasteiger partial charge in [-0.15, -0.1) is 4.73 Å². The van der Waals surface area contributed by atoms with Crippen LogP contribution in [-0.4, -0.2) is 41.0 Å². The van der Waals surface area contributed by atoms with Crippen molar-refractivity contribution in [3.05, 3.63) is 11.7 Å². The minimum Gasteiger partial charge on any atom is -0.423 e. The number of carbonyl (C=O) groups is 1. The Labute approximate surface area is 110 Å². The predicted molar refractivity (Wildman–Crippen MR) is 66.9 cm³/mol. The quantitative estimate of drug-likeness (QED) is 0.449. The number of anilines is 2. The van der Waals surface area contributed by atoms with E-state index in [1.54, 1.807) is 6.92 Å². The van der Waals surface area contributed by atoms with Crippen molar-refractivity contribution in [3.8, 4) is 0 Å². The highest BCUT2D eigenvalue weighted by molar-refractivity contribution is 5.71. The van der Waals surface area contributed by atoms with Crippen molar-refractivity contribution in [2.45, 2.75) is 19.8 Å². The fourth-order valence-electron chi connectivity index (χ4n) is 2.03. The van der Waals surface area contributed by atoms with Gasteiger partial charge in [0, 0.05) is 19.2 Å². The van der Waals surface area contributed by atoms with E-state index in [1.165, 1.54) is 6.07 Å². The van der Waals surface area contributed by atoms with Crippen LogP contribution in [0.15, 0.2) is 6.07 Å². The molecule has 0 unspecified atom stereocenters. The maximum absolute atomic E-state index is 11.0. The highest BCUT2D eigenvalue weighted by Gasteiger charge is 2.19. The Morgan fingerprint density at radius 3 is 2.84 bits per heavy atom. The second kappa shape index (κ2) is 5.70. The molecule has 1 aromatic heterocycles. The molecule has 1 fully saturated rings. The fraction of sp³-hybridized carbons (Fsp3) is 0.545. The van der Waals surface area contributed by atoms with Crippen LogP contribution in [0.4, 0.5) is 11.6 Å². The van der Waals surface area contributed by atoms with E-state index in [9.17, 15) is 10.0 Å². The van der Waals surface area contributed by atoms with Crippen LogP contribution in [0.25, 0.3) is 0 Å². The normalized spacial score (nSPS) is 14.7. The lowest BCUT2D eigenvalue weighted by Gasteiger charge is -2.21. The minimum atomic E-state index is -0.342. The first-order valence-electron chi connectivity index (χ1n) is 6.17. The third-order valence-electron chi connectivity index (χ3n) is 2.92. The zero-order chi connectivity index (χ0) is 13.8. The number of carbonyl (C=O) groups excluding carboxylic acids is 1. The van der Waals surface area contributed by atoms with E-state index in [2.05, 4.69) is 4.98 Å². The standard InChI is InChI=1S/C11H17N5O3/c1-2-19-15(8-17)10-7-9(13-11(12)16(10)18)14-5-3-4-6-14/h7-8,12,18H,2-6H2,1H3. The van der Waals surface area contributed by atoms with Crippen molar-refractivity contribution in [2.24, 2.45) is 0 Å². The summed E-state index contributed by atoms with van der Waals surface area (Å²) in [5, 5.41) is 18.3. The molecule has 0 bridgehead atoms. The Kier molecular flexibility index (Phi) is 4.00. The van der Waals surface area contributed by atoms with Gasteiger partial charge in [0.2, 0.25) is 6.41 Å². The van der Waals surface area contributed by atoms with E-state index in [1.807, 2.05) is 4.90 Å². The molecule has 2 heterocycles. The summed E-state index contributed by atoms with van der Waals surface area (Å²) in [6.07, 6.45) is 2.58. The number of hydrogen-bond donors (Lipinski definition) is 2. The minimum absolute atomic E-state index is 0.0683. The smallest absolute Gasteiger partial charge is 0.259 e. The van der Waals surface area contributed by atoms with Gasteiger partial charge < -0.3 is 10.1 Å². The van der Waals surface area contributed by atoms with Crippen LogP contribution in [0.2, 0.25) is 0 Å². The number of nitrogens with zero attached hydrogens (tertiary/aromatic N) is 4. The van der Waals surface area contributed by atoms with Crippen LogP contribution >= 0.6 is 0 Å². The largest absolute Gasteiger partial charge is 0.423 e. The molecule has 0 radical (unpaired) electrons. The lowest BCUT2D eigenvalue weighted by Crippen LogP contribution is -2.33. The molecule has 2 rings (SSSR count). The van der Waals surface area contributed by atoms with Crippen LogP contribution in [0.1, 0.15) is 19.8 Å². The molecule has 1 aliphatic heterocycles. The first-order chi connectivity index (χ1) is 9.17. The summed E-state index contributed by atoms with van der Waals surface area (Å²) in [4.78, 5) is 22.1. The molecule has 8 heteroatoms. The average Bonchev–Trinajstić information content (AvgIpc) is 2.93. The zero-order valence-corrected chi connectivity index (χ0v) is 10.7. The van der Waals surface area contributed by atoms with Crippen molar-refractivity contribution in [3.63, 3.8) is 0 Å². The van der Waals surface area contributed by atoms with Gasteiger partial charge in [0.15, 0.2) is 5.82 Å². The summed E-state index contributed by atoms with van der Waals surface area (Å²) in [5.74, 6) is 0.633. The third kappa shape index (κ3) is 2.68. The molecular formula is C11H17N5O3. The maximum atomic E-state index is 11.0. The summed E-state index contributed by atoms with van der Waals surface area (Å²) < 4.78 is 0.517. The highest BCUT2D eigenvalue weighted by atomic mass is 16.7. The Morgan fingerprint density at radius 2 is 2.26 bits per heavy atom. The molecular weight excluding hydrogens is 250 g/mol. The molecule has 8 nitrogen and oxygen atoms in total. The monoisotopic (exact) mass is 267 g/mol. The molecule has 2 N–H and O–H groups in total. The zero-order valence-electron chi connectivity index (χ0n) is 10.7. The van der Waals surface area contributed by atoms with Crippen LogP contribution in [0, 0.1) is 5.41 Å². The van der Waals surface area contributed by atoms with Crippen LogP contribution in [0.5, 0.6) is 0 Å². The molecule has 0 spiro atoms. The van der Waals surface area contributed by atoms with Crippen molar-refractivity contribution in [2.75, 3.05) is 29.7 Å². The van der Waals surface area contributed by atoms with E-state index in [4.69, 9.17) is 10.2 Å².